The van der Waals surface area contributed by atoms with Gasteiger partial charge in [0.1, 0.15) is 5.75 Å². The molecule has 6 nitrogen and oxygen atoms in total. The molecule has 0 saturated heterocycles. The molecule has 0 aliphatic rings. The van der Waals surface area contributed by atoms with Gasteiger partial charge in [-0.05, 0) is 60.4 Å². The Morgan fingerprint density at radius 1 is 0.862 bits per heavy atom. The molecule has 150 valence electrons. The third-order valence-electron chi connectivity index (χ3n) is 4.44. The minimum Gasteiger partial charge on any atom is -0.484 e. The predicted octanol–water partition coefficient (Wildman–Crippen LogP) is 3.36. The molecule has 0 saturated carbocycles. The number of nitrogens with one attached hydrogen (secondary N) is 2. The Morgan fingerprint density at radius 2 is 1.52 bits per heavy atom. The van der Waals surface area contributed by atoms with E-state index >= 15 is 0 Å². The second-order valence-electron chi connectivity index (χ2n) is 6.58. The highest BCUT2D eigenvalue weighted by Crippen LogP contribution is 2.22. The third kappa shape index (κ3) is 5.43. The van der Waals surface area contributed by atoms with Gasteiger partial charge in [-0.2, -0.15) is 0 Å². The Labute approximate surface area is 170 Å². The lowest BCUT2D eigenvalue weighted by molar-refractivity contribution is -0.123. The zero-order chi connectivity index (χ0) is 20.9. The van der Waals surface area contributed by atoms with Crippen LogP contribution in [0.3, 0.4) is 0 Å². The minimum absolute atomic E-state index is 0.0818. The lowest BCUT2D eigenvalue weighted by Crippen LogP contribution is -2.43. The summed E-state index contributed by atoms with van der Waals surface area (Å²) in [6.45, 7) is 3.40. The highest BCUT2D eigenvalue weighted by Gasteiger charge is 2.16. The first-order valence-corrected chi connectivity index (χ1v) is 10.5. The largest absolute Gasteiger partial charge is 0.484 e. The first kappa shape index (κ1) is 20.6. The Hall–Kier alpha value is -3.16. The molecule has 3 rings (SSSR count). The fraction of sp³-hybridized carbons (Fsp3) is 0.136. The Bertz CT molecular complexity index is 1100. The molecule has 0 aliphatic heterocycles. The van der Waals surface area contributed by atoms with E-state index in [4.69, 9.17) is 4.74 Å². The molecule has 0 fully saturated rings. The van der Waals surface area contributed by atoms with Crippen LogP contribution in [0.1, 0.15) is 11.1 Å². The molecule has 0 heterocycles. The van der Waals surface area contributed by atoms with Crippen LogP contribution in [0.2, 0.25) is 0 Å². The summed E-state index contributed by atoms with van der Waals surface area (Å²) in [5, 5.41) is 0. The molecule has 0 aromatic heterocycles. The summed E-state index contributed by atoms with van der Waals surface area (Å²) in [6.07, 6.45) is 0. The van der Waals surface area contributed by atoms with Gasteiger partial charge in [0.25, 0.3) is 15.9 Å². The van der Waals surface area contributed by atoms with Gasteiger partial charge in [-0.1, -0.05) is 48.5 Å². The number of hydrazine groups is 1. The van der Waals surface area contributed by atoms with E-state index in [1.54, 1.807) is 24.3 Å². The van der Waals surface area contributed by atoms with E-state index in [2.05, 4.69) is 10.3 Å². The molecule has 3 aromatic carbocycles. The molecule has 0 bridgehead atoms. The van der Waals surface area contributed by atoms with Crippen LogP contribution in [0, 0.1) is 13.8 Å². The van der Waals surface area contributed by atoms with Crippen LogP contribution in [0.15, 0.2) is 77.7 Å². The van der Waals surface area contributed by atoms with Crippen molar-refractivity contribution in [3.05, 3.63) is 83.9 Å². The number of carbonyl (C=O) groups is 1. The van der Waals surface area contributed by atoms with Crippen LogP contribution in [-0.4, -0.2) is 20.9 Å². The van der Waals surface area contributed by atoms with E-state index in [0.717, 1.165) is 22.3 Å². The standard InChI is InChI=1S/C22H22N2O4S/c1-16-8-13-21(14-17(16)2)29(26,27)24-23-22(25)15-28-20-11-9-19(10-12-20)18-6-4-3-5-7-18/h3-14,24H,15H2,1-2H3,(H,23,25). The Balaban J connectivity index is 1.52. The summed E-state index contributed by atoms with van der Waals surface area (Å²) < 4.78 is 30.0. The van der Waals surface area contributed by atoms with Gasteiger partial charge >= 0.3 is 0 Å². The van der Waals surface area contributed by atoms with Crippen molar-refractivity contribution in [2.24, 2.45) is 0 Å². The van der Waals surface area contributed by atoms with Gasteiger partial charge < -0.3 is 4.74 Å². The molecule has 0 aliphatic carbocycles. The first-order valence-electron chi connectivity index (χ1n) is 9.01. The average Bonchev–Trinajstić information content (AvgIpc) is 2.73. The highest BCUT2D eigenvalue weighted by atomic mass is 32.2. The van der Waals surface area contributed by atoms with Crippen molar-refractivity contribution < 1.29 is 17.9 Å². The smallest absolute Gasteiger partial charge is 0.272 e. The predicted molar refractivity (Wildman–Crippen MR) is 112 cm³/mol. The second-order valence-corrected chi connectivity index (χ2v) is 8.26. The number of carbonyl (C=O) groups excluding carboxylic acids is 1. The van der Waals surface area contributed by atoms with Crippen molar-refractivity contribution in [3.63, 3.8) is 0 Å². The summed E-state index contributed by atoms with van der Waals surface area (Å²) in [5.41, 5.74) is 6.11. The first-order chi connectivity index (χ1) is 13.8. The quantitative estimate of drug-likeness (QED) is 0.585. The van der Waals surface area contributed by atoms with Gasteiger partial charge in [0.15, 0.2) is 6.61 Å². The highest BCUT2D eigenvalue weighted by molar-refractivity contribution is 7.89. The van der Waals surface area contributed by atoms with Crippen LogP contribution < -0.4 is 15.0 Å². The molecule has 0 unspecified atom stereocenters. The number of sulfonamides is 1. The van der Waals surface area contributed by atoms with Crippen molar-refractivity contribution in [2.45, 2.75) is 18.7 Å². The lowest BCUT2D eigenvalue weighted by atomic mass is 10.1. The van der Waals surface area contributed by atoms with Crippen LogP contribution in [0.4, 0.5) is 0 Å². The number of amides is 1. The maximum atomic E-state index is 12.3. The fourth-order valence-corrected chi connectivity index (χ4v) is 3.57. The molecule has 1 amide bonds. The molecule has 29 heavy (non-hydrogen) atoms. The van der Waals surface area contributed by atoms with Crippen molar-refractivity contribution >= 4 is 15.9 Å². The van der Waals surface area contributed by atoms with E-state index in [1.165, 1.54) is 6.07 Å². The summed E-state index contributed by atoms with van der Waals surface area (Å²) in [6, 6.07) is 21.9. The fourth-order valence-electron chi connectivity index (χ4n) is 2.62. The SMILES string of the molecule is Cc1ccc(S(=O)(=O)NNC(=O)COc2ccc(-c3ccccc3)cc2)cc1C. The Kier molecular flexibility index (Phi) is 6.31. The molecule has 7 heteroatoms. The normalized spacial score (nSPS) is 11.1. The van der Waals surface area contributed by atoms with Gasteiger partial charge in [-0.25, -0.2) is 8.42 Å². The van der Waals surface area contributed by atoms with E-state index in [1.807, 2.05) is 56.3 Å². The van der Waals surface area contributed by atoms with E-state index in [9.17, 15) is 13.2 Å². The van der Waals surface area contributed by atoms with Crippen LogP contribution in [0.5, 0.6) is 5.75 Å². The van der Waals surface area contributed by atoms with Crippen molar-refractivity contribution in [1.82, 2.24) is 10.3 Å². The van der Waals surface area contributed by atoms with Gasteiger partial charge in [0.2, 0.25) is 0 Å². The summed E-state index contributed by atoms with van der Waals surface area (Å²) in [5.74, 6) is -0.0959. The molecule has 0 atom stereocenters. The molecule has 3 aromatic rings. The van der Waals surface area contributed by atoms with Crippen molar-refractivity contribution in [1.29, 1.82) is 0 Å². The van der Waals surface area contributed by atoms with E-state index < -0.39 is 15.9 Å². The minimum atomic E-state index is -3.85. The molecular formula is C22H22N2O4S. The number of hydrogen-bond donors (Lipinski definition) is 2. The van der Waals surface area contributed by atoms with Gasteiger partial charge in [0, 0.05) is 0 Å². The Morgan fingerprint density at radius 3 is 2.17 bits per heavy atom. The van der Waals surface area contributed by atoms with E-state index in [0.29, 0.717) is 5.75 Å². The number of ether oxygens (including phenoxy) is 1. The maximum Gasteiger partial charge on any atom is 0.272 e. The van der Waals surface area contributed by atoms with Gasteiger partial charge in [-0.15, -0.1) is 4.83 Å². The number of hydrogen-bond acceptors (Lipinski definition) is 4. The molecular weight excluding hydrogens is 388 g/mol. The van der Waals surface area contributed by atoms with Crippen LogP contribution in [-0.2, 0) is 14.8 Å². The molecule has 0 radical (unpaired) electrons. The molecule has 0 spiro atoms. The van der Waals surface area contributed by atoms with Gasteiger partial charge in [-0.3, -0.25) is 10.2 Å². The molecule has 2 N–H and O–H groups in total. The average molecular weight is 410 g/mol. The monoisotopic (exact) mass is 410 g/mol. The summed E-state index contributed by atoms with van der Waals surface area (Å²) in [4.78, 5) is 14.1. The van der Waals surface area contributed by atoms with Crippen LogP contribution in [0.25, 0.3) is 11.1 Å². The summed E-state index contributed by atoms with van der Waals surface area (Å²) in [7, 11) is -3.85. The second kappa shape index (κ2) is 8.89. The van der Waals surface area contributed by atoms with Crippen molar-refractivity contribution in [3.8, 4) is 16.9 Å². The van der Waals surface area contributed by atoms with Crippen molar-refractivity contribution in [2.75, 3.05) is 6.61 Å². The summed E-state index contributed by atoms with van der Waals surface area (Å²) >= 11 is 0. The third-order valence-corrected chi connectivity index (χ3v) is 5.69. The zero-order valence-electron chi connectivity index (χ0n) is 16.2. The topological polar surface area (TPSA) is 84.5 Å². The van der Waals surface area contributed by atoms with E-state index in [-0.39, 0.29) is 11.5 Å². The number of rotatable bonds is 7. The maximum absolute atomic E-state index is 12.3. The number of aryl methyl sites for hydroxylation is 2. The zero-order valence-corrected chi connectivity index (χ0v) is 17.0. The number of benzene rings is 3. The van der Waals surface area contributed by atoms with Crippen LogP contribution >= 0.6 is 0 Å². The van der Waals surface area contributed by atoms with Gasteiger partial charge in [0.05, 0.1) is 4.90 Å². The lowest BCUT2D eigenvalue weighted by Gasteiger charge is -2.11.